The van der Waals surface area contributed by atoms with Crippen LogP contribution in [0.1, 0.15) is 74.1 Å². The molecule has 7 aliphatic heterocycles. The third-order valence-corrected chi connectivity index (χ3v) is 31.2. The van der Waals surface area contributed by atoms with Crippen molar-refractivity contribution in [3.63, 3.8) is 0 Å². The molecule has 19 rings (SSSR count). The van der Waals surface area contributed by atoms with E-state index in [-0.39, 0.29) is 41.8 Å². The minimum atomic E-state index is -3.44. The summed E-state index contributed by atoms with van der Waals surface area (Å²) in [6.45, 7) is 12.4. The average Bonchev–Trinajstić information content (AvgIpc) is 1.62. The van der Waals surface area contributed by atoms with Gasteiger partial charge in [0.05, 0.1) is 120 Å². The molecule has 44 heteroatoms. The number of sulfonamides is 4. The lowest BCUT2D eigenvalue weighted by Crippen LogP contribution is -2.51. The molecule has 2 unspecified atom stereocenters. The number of ether oxygens (including phenoxy) is 1. The number of hydrogen-bond acceptors (Lipinski definition) is 21. The van der Waals surface area contributed by atoms with Crippen LogP contribution in [0.2, 0.25) is 40.2 Å². The highest BCUT2D eigenvalue weighted by Gasteiger charge is 2.39. The molecule has 32 nitrogen and oxygen atoms in total. The molecule has 3 N–H and O–H groups in total. The summed E-state index contributed by atoms with van der Waals surface area (Å²) in [5.41, 5.74) is 14.2. The van der Waals surface area contributed by atoms with E-state index in [1.165, 1.54) is 35.2 Å². The molecule has 8 aromatic heterocycles. The van der Waals surface area contributed by atoms with Gasteiger partial charge in [0.25, 0.3) is 0 Å². The number of hydrogen-bond donors (Lipinski definition) is 3. The molecule has 718 valence electrons. The van der Waals surface area contributed by atoms with Crippen molar-refractivity contribution in [2.75, 3.05) is 149 Å². The fraction of sp³-hybridized carbons (Fsp3) is 0.396. The van der Waals surface area contributed by atoms with Crippen LogP contribution in [0.15, 0.2) is 146 Å². The number of rotatable bonds is 21. The number of pyridine rings is 4. The van der Waals surface area contributed by atoms with Crippen LogP contribution >= 0.6 is 92.8 Å². The first-order chi connectivity index (χ1) is 64.1. The predicted octanol–water partition coefficient (Wildman–Crippen LogP) is 14.4. The van der Waals surface area contributed by atoms with Crippen molar-refractivity contribution in [3.8, 4) is 45.0 Å². The SMILES string of the molecule is CN(c1ccc2nc(-c3ccc(Cl)cc3Cl)c(CN3CCN(C(=O)C4CCOCC4)CC3)n2c1)S(C)(=O)=O.CN(c1ccc2nc(-c3ccc(Cl)cc3Cl)c(CN3CCN4C(=O)CCC4C3)n2c1)S(C)(=O)=O.CS(=O)(=O)Nc1ccc2nc(-c3ccc(Cl)cc3Cl)c(CN3CCC(O)CC3)n2c1.CS(=O)(=O)Nc1ccc2nc(-c3ccc(Cl)cc3Cl)c(CN3CCN4C(=O)CCC4C3)n2c1. The minimum absolute atomic E-state index is 0.0537. The molecule has 15 heterocycles. The van der Waals surface area contributed by atoms with Gasteiger partial charge in [0.2, 0.25) is 57.8 Å². The highest BCUT2D eigenvalue weighted by molar-refractivity contribution is 7.92. The van der Waals surface area contributed by atoms with Crippen LogP contribution in [0, 0.1) is 5.92 Å². The van der Waals surface area contributed by atoms with Gasteiger partial charge in [-0.3, -0.25) is 69.6 Å². The molecule has 135 heavy (non-hydrogen) atoms. The number of benzene rings is 4. The number of carbonyl (C=O) groups is 3. The highest BCUT2D eigenvalue weighted by atomic mass is 35.5. The number of amides is 3. The first kappa shape index (κ1) is 99.2. The number of fused-ring (bicyclic) bond motifs is 6. The smallest absolute Gasteiger partial charge is 0.232 e. The van der Waals surface area contributed by atoms with E-state index in [1.807, 2.05) is 56.6 Å². The van der Waals surface area contributed by atoms with Crippen molar-refractivity contribution < 1.29 is 57.9 Å². The van der Waals surface area contributed by atoms with E-state index >= 15 is 0 Å². The number of aliphatic hydroxyl groups is 1. The summed E-state index contributed by atoms with van der Waals surface area (Å²) in [5, 5.41) is 14.0. The number of piperidine rings is 1. The summed E-state index contributed by atoms with van der Waals surface area (Å²) < 4.78 is 116. The number of nitrogens with zero attached hydrogens (tertiary/aromatic N) is 17. The van der Waals surface area contributed by atoms with Crippen molar-refractivity contribution in [1.82, 2.24) is 71.8 Å². The van der Waals surface area contributed by atoms with E-state index in [9.17, 15) is 53.2 Å². The molecule has 0 bridgehead atoms. The minimum Gasteiger partial charge on any atom is -0.393 e. The molecule has 0 aliphatic carbocycles. The number of likely N-dealkylation sites (tertiary alicyclic amines) is 1. The number of piperazine rings is 3. The van der Waals surface area contributed by atoms with Crippen molar-refractivity contribution in [3.05, 3.63) is 209 Å². The number of carbonyl (C=O) groups excluding carboxylic acids is 3. The molecular weight excluding hydrogens is 1980 g/mol. The lowest BCUT2D eigenvalue weighted by molar-refractivity contribution is -0.140. The zero-order valence-electron chi connectivity index (χ0n) is 74.7. The third-order valence-electron chi connectivity index (χ3n) is 25.4. The maximum absolute atomic E-state index is 13.0. The molecule has 7 fully saturated rings. The largest absolute Gasteiger partial charge is 0.393 e. The van der Waals surface area contributed by atoms with Crippen molar-refractivity contribution >= 4 is 196 Å². The summed E-state index contributed by atoms with van der Waals surface area (Å²) in [4.78, 5) is 71.6. The van der Waals surface area contributed by atoms with E-state index in [0.717, 1.165) is 153 Å². The Morgan fingerprint density at radius 2 is 0.726 bits per heavy atom. The summed E-state index contributed by atoms with van der Waals surface area (Å²) >= 11 is 50.6. The van der Waals surface area contributed by atoms with Gasteiger partial charge in [-0.2, -0.15) is 0 Å². The van der Waals surface area contributed by atoms with Crippen LogP contribution in [0.3, 0.4) is 0 Å². The number of aromatic nitrogens is 8. The van der Waals surface area contributed by atoms with Gasteiger partial charge >= 0.3 is 0 Å². The van der Waals surface area contributed by atoms with Gasteiger partial charge in [0.15, 0.2) is 0 Å². The van der Waals surface area contributed by atoms with Crippen molar-refractivity contribution in [2.45, 2.75) is 95.7 Å². The van der Waals surface area contributed by atoms with Crippen molar-refractivity contribution in [1.29, 1.82) is 0 Å². The highest BCUT2D eigenvalue weighted by Crippen LogP contribution is 2.41. The average molecular weight is 2080 g/mol. The van der Waals surface area contributed by atoms with E-state index in [0.29, 0.717) is 182 Å². The van der Waals surface area contributed by atoms with Crippen LogP contribution in [0.4, 0.5) is 22.7 Å². The first-order valence-corrected chi connectivity index (χ1v) is 54.3. The van der Waals surface area contributed by atoms with E-state index < -0.39 is 40.1 Å². The van der Waals surface area contributed by atoms with Gasteiger partial charge in [0, 0.05) is 230 Å². The molecule has 0 saturated carbocycles. The van der Waals surface area contributed by atoms with Crippen LogP contribution in [-0.2, 0) is 85.4 Å². The van der Waals surface area contributed by atoms with Gasteiger partial charge in [0.1, 0.15) is 22.6 Å². The number of anilines is 4. The van der Waals surface area contributed by atoms with Gasteiger partial charge in [-0.05, 0) is 160 Å². The van der Waals surface area contributed by atoms with Crippen LogP contribution in [0.5, 0.6) is 0 Å². The van der Waals surface area contributed by atoms with Gasteiger partial charge < -0.3 is 24.5 Å². The van der Waals surface area contributed by atoms with Crippen LogP contribution < -0.4 is 18.1 Å². The molecular formula is C91H101Cl8N19O13S4. The normalized spacial score (nSPS) is 18.1. The molecule has 0 spiro atoms. The second-order valence-electron chi connectivity index (χ2n) is 34.9. The Labute approximate surface area is 823 Å². The molecule has 7 aliphatic rings. The summed E-state index contributed by atoms with van der Waals surface area (Å²) in [6.07, 6.45) is 17.3. The fourth-order valence-electron chi connectivity index (χ4n) is 18.2. The number of nitrogens with one attached hydrogen (secondary N) is 2. The Balaban J connectivity index is 0.000000131. The van der Waals surface area contributed by atoms with Gasteiger partial charge in [-0.25, -0.2) is 53.6 Å². The van der Waals surface area contributed by atoms with E-state index in [1.54, 1.807) is 122 Å². The second kappa shape index (κ2) is 41.3. The zero-order chi connectivity index (χ0) is 96.0. The van der Waals surface area contributed by atoms with Crippen LogP contribution in [-0.4, -0.2) is 277 Å². The Morgan fingerprint density at radius 1 is 0.407 bits per heavy atom. The molecule has 3 amide bonds. The molecule has 4 aromatic carbocycles. The Kier molecular flexibility index (Phi) is 30.3. The second-order valence-corrected chi connectivity index (χ2v) is 45.8. The quantitative estimate of drug-likeness (QED) is 0.0601. The number of aliphatic hydroxyl groups excluding tert-OH is 1. The Hall–Kier alpha value is -8.87. The zero-order valence-corrected chi connectivity index (χ0v) is 84.0. The Bertz CT molecular complexity index is 7030. The number of halogens is 8. The molecule has 0 radical (unpaired) electrons. The summed E-state index contributed by atoms with van der Waals surface area (Å²) in [7, 11) is -10.6. The molecule has 7 saturated heterocycles. The standard InChI is InChI=1S/C26H31Cl2N5O4S.C23H25Cl2N5O3S.C22H23Cl2N5O3S.C20H22Cl2N4O3S/c1-30(38(2,35)36)20-4-6-24-29-25(21-5-3-19(27)15-22(21)28)23(33(24)16-20)17-31-9-11-32(12-10-31)26(34)18-7-13-37-14-8-18;1-27(34(2,32)33)16-4-7-21-26-23(18-6-3-15(24)11-19(18)25)20(30(21)13-16)14-28-9-10-29-17(12-28)5-8-22(29)31;1-33(31,32)26-15-3-6-20-25-22(17-5-2-14(23)10-18(17)24)19(29(20)11-15)13-27-8-9-28-16(12-27)4-7-21(28)30;1-30(28,29)24-14-3-5-19-23-20(16-4-2-13(21)10-17(16)22)18(26(19)11-14)12-25-8-6-15(27)7-9-25/h3-6,15-16,18H,7-14,17H2,1-2H3;3-4,6-7,11,13,17H,5,8-10,12,14H2,1-2H3;2-3,5-6,10-11,16,26H,4,7-9,12-13H2,1H3;2-5,10-11,15,24,27H,6-9,12H2,1H3. The van der Waals surface area contributed by atoms with Crippen LogP contribution in [0.25, 0.3) is 67.6 Å². The van der Waals surface area contributed by atoms with Gasteiger partial charge in [-0.1, -0.05) is 92.8 Å². The monoisotopic (exact) mass is 2080 g/mol. The lowest BCUT2D eigenvalue weighted by atomic mass is 9.98. The number of imidazole rings is 4. The first-order valence-electron chi connectivity index (χ1n) is 43.8. The van der Waals surface area contributed by atoms with Crippen molar-refractivity contribution in [2.24, 2.45) is 5.92 Å². The topological polar surface area (TPSA) is 340 Å². The predicted molar refractivity (Wildman–Crippen MR) is 532 cm³/mol. The van der Waals surface area contributed by atoms with E-state index in [2.05, 4.69) is 29.0 Å². The molecule has 2 atom stereocenters. The van der Waals surface area contributed by atoms with Gasteiger partial charge in [-0.15, -0.1) is 0 Å². The maximum Gasteiger partial charge on any atom is 0.232 e. The summed E-state index contributed by atoms with van der Waals surface area (Å²) in [5.74, 6) is 0.754. The fourth-order valence-corrected chi connectivity index (χ4v) is 22.3. The molecule has 12 aromatic rings. The Morgan fingerprint density at radius 3 is 1.06 bits per heavy atom. The third kappa shape index (κ3) is 23.3. The summed E-state index contributed by atoms with van der Waals surface area (Å²) in [6, 6.07) is 35.7. The lowest BCUT2D eigenvalue weighted by Gasteiger charge is -2.37. The maximum atomic E-state index is 13.0. The van der Waals surface area contributed by atoms with E-state index in [4.69, 9.17) is 117 Å².